The number of phenols is 1. The van der Waals surface area contributed by atoms with Crippen LogP contribution in [0, 0.1) is 0 Å². The molecule has 0 atom stereocenters. The lowest BCUT2D eigenvalue weighted by Crippen LogP contribution is -2.25. The molecule has 4 nitrogen and oxygen atoms in total. The van der Waals surface area contributed by atoms with Crippen molar-refractivity contribution >= 4 is 74.3 Å². The minimum Gasteiger partial charge on any atom is -0.507 e. The van der Waals surface area contributed by atoms with E-state index in [1.54, 1.807) is 24.3 Å². The van der Waals surface area contributed by atoms with Crippen LogP contribution in [0.25, 0.3) is 10.8 Å². The van der Waals surface area contributed by atoms with Crippen LogP contribution in [0.3, 0.4) is 0 Å². The van der Waals surface area contributed by atoms with Crippen LogP contribution in [0.15, 0.2) is 36.4 Å². The topological polar surface area (TPSA) is 66.4 Å². The Balaban J connectivity index is 2.57. The fourth-order valence-corrected chi connectivity index (χ4v) is 2.89. The molecule has 0 aliphatic rings. The van der Waals surface area contributed by atoms with Gasteiger partial charge in [0, 0.05) is 10.8 Å². The van der Waals surface area contributed by atoms with Crippen LogP contribution in [0.5, 0.6) is 5.75 Å². The average Bonchev–Trinajstić information content (AvgIpc) is 2.32. The zero-order valence-corrected chi connectivity index (χ0v) is 14.8. The predicted octanol–water partition coefficient (Wildman–Crippen LogP) is 4.08. The van der Waals surface area contributed by atoms with Gasteiger partial charge < -0.3 is 5.11 Å². The Hall–Kier alpha value is -0.310. The van der Waals surface area contributed by atoms with E-state index >= 15 is 0 Å². The molecule has 19 heavy (non-hydrogen) atoms. The third kappa shape index (κ3) is 3.07. The molecule has 0 aliphatic carbocycles. The number of nitrogens with one attached hydrogen (secondary N) is 1. The van der Waals surface area contributed by atoms with E-state index in [9.17, 15) is 13.5 Å². The minimum absolute atomic E-state index is 0.0985. The number of aromatic hydroxyl groups is 1. The molecule has 0 unspecified atom stereocenters. The number of hydrogen-bond acceptors (Lipinski definition) is 3. The summed E-state index contributed by atoms with van der Waals surface area (Å²) in [4.78, 5) is 0. The maximum absolute atomic E-state index is 12.0. The van der Waals surface area contributed by atoms with E-state index in [-0.39, 0.29) is 5.75 Å². The van der Waals surface area contributed by atoms with Crippen LogP contribution in [-0.2, 0) is 10.0 Å². The molecular formula is C11H8Br3NO3S. The number of phenolic OH excluding ortho intramolecular Hbond substituents is 1. The van der Waals surface area contributed by atoms with Gasteiger partial charge in [0.25, 0.3) is 11.5 Å². The highest BCUT2D eigenvalue weighted by molar-refractivity contribution is 9.42. The molecule has 2 aromatic carbocycles. The Morgan fingerprint density at radius 3 is 2.16 bits per heavy atom. The molecule has 0 heterocycles. The molecule has 0 amide bonds. The molecule has 0 aliphatic heterocycles. The number of halogens is 3. The predicted molar refractivity (Wildman–Crippen MR) is 87.7 cm³/mol. The second-order valence-corrected chi connectivity index (χ2v) is 13.9. The third-order valence-corrected chi connectivity index (χ3v) is 7.38. The van der Waals surface area contributed by atoms with Crippen LogP contribution in [0.1, 0.15) is 0 Å². The third-order valence-electron chi connectivity index (χ3n) is 2.45. The lowest BCUT2D eigenvalue weighted by Gasteiger charge is -2.17. The normalized spacial score (nSPS) is 12.6. The highest BCUT2D eigenvalue weighted by Gasteiger charge is 2.36. The van der Waals surface area contributed by atoms with Crippen molar-refractivity contribution in [2.45, 2.75) is 1.47 Å². The van der Waals surface area contributed by atoms with Crippen LogP contribution in [0.2, 0.25) is 0 Å². The first-order chi connectivity index (χ1) is 8.72. The Labute approximate surface area is 135 Å². The Kier molecular flexibility index (Phi) is 4.15. The fraction of sp³-hybridized carbons (Fsp3) is 0.0909. The summed E-state index contributed by atoms with van der Waals surface area (Å²) in [5.74, 6) is 0.0985. The van der Waals surface area contributed by atoms with Gasteiger partial charge in [-0.15, -0.1) is 0 Å². The van der Waals surface area contributed by atoms with Crippen LogP contribution >= 0.6 is 47.8 Å². The summed E-state index contributed by atoms with van der Waals surface area (Å²) in [5, 5.41) is 10.9. The first kappa shape index (κ1) is 15.1. The second kappa shape index (κ2) is 5.23. The molecule has 0 fully saturated rings. The number of alkyl halides is 3. The fourth-order valence-electron chi connectivity index (χ4n) is 1.57. The molecule has 0 saturated carbocycles. The summed E-state index contributed by atoms with van der Waals surface area (Å²) in [5.41, 5.74) is 0.385. The van der Waals surface area contributed by atoms with Crippen molar-refractivity contribution in [1.82, 2.24) is 0 Å². The van der Waals surface area contributed by atoms with Crippen molar-refractivity contribution in [3.63, 3.8) is 0 Å². The highest BCUT2D eigenvalue weighted by atomic mass is 80.0. The average molecular weight is 474 g/mol. The Morgan fingerprint density at radius 2 is 1.58 bits per heavy atom. The maximum atomic E-state index is 12.0. The second-order valence-electron chi connectivity index (χ2n) is 3.73. The Bertz CT molecular complexity index is 726. The van der Waals surface area contributed by atoms with Gasteiger partial charge in [-0.2, -0.15) is 0 Å². The molecule has 2 aromatic rings. The van der Waals surface area contributed by atoms with Crippen molar-refractivity contribution < 1.29 is 13.5 Å². The summed E-state index contributed by atoms with van der Waals surface area (Å²) in [6.45, 7) is 0. The zero-order chi connectivity index (χ0) is 14.3. The first-order valence-corrected chi connectivity index (χ1v) is 8.88. The zero-order valence-electron chi connectivity index (χ0n) is 9.27. The minimum atomic E-state index is -3.74. The number of rotatable bonds is 2. The van der Waals surface area contributed by atoms with E-state index in [0.717, 1.165) is 0 Å². The van der Waals surface area contributed by atoms with E-state index in [1.165, 1.54) is 12.1 Å². The van der Waals surface area contributed by atoms with Crippen molar-refractivity contribution in [2.75, 3.05) is 4.72 Å². The maximum Gasteiger partial charge on any atom is 0.269 e. The monoisotopic (exact) mass is 471 g/mol. The summed E-state index contributed by atoms with van der Waals surface area (Å²) >= 11 is 8.91. The van der Waals surface area contributed by atoms with Gasteiger partial charge in [-0.1, -0.05) is 24.3 Å². The summed E-state index contributed by atoms with van der Waals surface area (Å²) in [6.07, 6.45) is 0. The summed E-state index contributed by atoms with van der Waals surface area (Å²) < 4.78 is 25.1. The molecule has 0 aromatic heterocycles. The van der Waals surface area contributed by atoms with E-state index in [2.05, 4.69) is 52.5 Å². The molecular weight excluding hydrogens is 466 g/mol. The van der Waals surface area contributed by atoms with Gasteiger partial charge in [0.15, 0.2) is 0 Å². The summed E-state index contributed by atoms with van der Waals surface area (Å²) in [6, 6.07) is 9.93. The van der Waals surface area contributed by atoms with Crippen LogP contribution in [0.4, 0.5) is 5.69 Å². The quantitative estimate of drug-likeness (QED) is 0.510. The molecule has 8 heteroatoms. The van der Waals surface area contributed by atoms with Gasteiger partial charge in [-0.3, -0.25) is 4.72 Å². The standard InChI is InChI=1S/C11H8Br3NO3S/c12-11(13,14)19(17,18)15-9-5-6-10(16)8-4-2-1-3-7(8)9/h1-6,15-16H. The van der Waals surface area contributed by atoms with Crippen molar-refractivity contribution in [3.05, 3.63) is 36.4 Å². The number of sulfonamides is 1. The molecule has 2 rings (SSSR count). The number of fused-ring (bicyclic) bond motifs is 1. The van der Waals surface area contributed by atoms with Crippen molar-refractivity contribution in [2.24, 2.45) is 0 Å². The smallest absolute Gasteiger partial charge is 0.269 e. The van der Waals surface area contributed by atoms with Gasteiger partial charge in [0.1, 0.15) is 5.75 Å². The molecule has 0 radical (unpaired) electrons. The highest BCUT2D eigenvalue weighted by Crippen LogP contribution is 2.41. The van der Waals surface area contributed by atoms with E-state index in [4.69, 9.17) is 0 Å². The van der Waals surface area contributed by atoms with Crippen molar-refractivity contribution in [1.29, 1.82) is 0 Å². The van der Waals surface area contributed by atoms with Gasteiger partial charge in [-0.05, 0) is 59.9 Å². The molecule has 0 bridgehead atoms. The number of anilines is 1. The number of hydrogen-bond donors (Lipinski definition) is 2. The Morgan fingerprint density at radius 1 is 1.00 bits per heavy atom. The molecule has 102 valence electrons. The van der Waals surface area contributed by atoms with Gasteiger partial charge in [0.2, 0.25) is 0 Å². The van der Waals surface area contributed by atoms with Gasteiger partial charge in [0.05, 0.1) is 5.69 Å². The van der Waals surface area contributed by atoms with Crippen LogP contribution < -0.4 is 4.72 Å². The van der Waals surface area contributed by atoms with Crippen molar-refractivity contribution in [3.8, 4) is 5.75 Å². The van der Waals surface area contributed by atoms with Gasteiger partial charge in [-0.25, -0.2) is 8.42 Å². The largest absolute Gasteiger partial charge is 0.507 e. The van der Waals surface area contributed by atoms with E-state index in [0.29, 0.717) is 16.5 Å². The summed E-state index contributed by atoms with van der Waals surface area (Å²) in [7, 11) is -3.74. The molecule has 0 spiro atoms. The molecule has 0 saturated heterocycles. The van der Waals surface area contributed by atoms with Crippen LogP contribution in [-0.4, -0.2) is 15.0 Å². The SMILES string of the molecule is O=S(=O)(Nc1ccc(O)c2ccccc12)C(Br)(Br)Br. The van der Waals surface area contributed by atoms with E-state index < -0.39 is 11.5 Å². The van der Waals surface area contributed by atoms with Gasteiger partial charge >= 0.3 is 0 Å². The lowest BCUT2D eigenvalue weighted by molar-refractivity contribution is 0.481. The molecule has 2 N–H and O–H groups in total. The lowest BCUT2D eigenvalue weighted by atomic mass is 10.1. The number of benzene rings is 2. The first-order valence-electron chi connectivity index (χ1n) is 5.02. The van der Waals surface area contributed by atoms with E-state index in [1.807, 2.05) is 0 Å².